The van der Waals surface area contributed by atoms with E-state index in [1.807, 2.05) is 6.07 Å². The summed E-state index contributed by atoms with van der Waals surface area (Å²) >= 11 is 0. The predicted molar refractivity (Wildman–Crippen MR) is 76.2 cm³/mol. The molecule has 0 radical (unpaired) electrons. The van der Waals surface area contributed by atoms with Crippen LogP contribution >= 0.6 is 0 Å². The van der Waals surface area contributed by atoms with Gasteiger partial charge in [0, 0.05) is 24.4 Å². The van der Waals surface area contributed by atoms with E-state index in [0.29, 0.717) is 5.56 Å². The lowest BCUT2D eigenvalue weighted by Gasteiger charge is -2.24. The van der Waals surface area contributed by atoms with E-state index < -0.39 is 17.9 Å². The standard InChI is InChI=1S/C15H15N3O3/c16-18(14(19)12-6-8-17-9-7-12)13(15(20)21)10-11-4-2-1-3-5-11/h1-9,13H,10,16H2,(H,20,21)/t13-/m0/s1. The first-order chi connectivity index (χ1) is 10.1. The minimum atomic E-state index is -1.15. The molecule has 21 heavy (non-hydrogen) atoms. The summed E-state index contributed by atoms with van der Waals surface area (Å²) in [4.78, 5) is 27.4. The Balaban J connectivity index is 2.18. The van der Waals surface area contributed by atoms with E-state index in [2.05, 4.69) is 4.98 Å². The fourth-order valence-corrected chi connectivity index (χ4v) is 1.93. The van der Waals surface area contributed by atoms with Crippen LogP contribution in [0.15, 0.2) is 54.9 Å². The van der Waals surface area contributed by atoms with E-state index in [1.54, 1.807) is 24.3 Å². The van der Waals surface area contributed by atoms with Crippen molar-refractivity contribution in [3.8, 4) is 0 Å². The second-order valence-electron chi connectivity index (χ2n) is 4.49. The topological polar surface area (TPSA) is 96.5 Å². The second-order valence-corrected chi connectivity index (χ2v) is 4.49. The maximum atomic E-state index is 12.2. The minimum absolute atomic E-state index is 0.142. The van der Waals surface area contributed by atoms with Crippen LogP contribution in [0.5, 0.6) is 0 Å². The lowest BCUT2D eigenvalue weighted by atomic mass is 10.1. The third-order valence-corrected chi connectivity index (χ3v) is 3.05. The molecule has 1 aromatic carbocycles. The fraction of sp³-hybridized carbons (Fsp3) is 0.133. The molecule has 108 valence electrons. The number of benzene rings is 1. The normalized spacial score (nSPS) is 11.7. The summed E-state index contributed by atoms with van der Waals surface area (Å²) in [6.07, 6.45) is 3.05. The lowest BCUT2D eigenvalue weighted by Crippen LogP contribution is -2.50. The molecule has 3 N–H and O–H groups in total. The molecule has 6 heteroatoms. The lowest BCUT2D eigenvalue weighted by molar-refractivity contribution is -0.142. The smallest absolute Gasteiger partial charge is 0.328 e. The highest BCUT2D eigenvalue weighted by molar-refractivity contribution is 5.96. The molecule has 0 bridgehead atoms. The molecule has 0 unspecified atom stereocenters. The SMILES string of the molecule is NN(C(=O)c1ccncc1)[C@@H](Cc1ccccc1)C(=O)O. The van der Waals surface area contributed by atoms with Crippen molar-refractivity contribution >= 4 is 11.9 Å². The summed E-state index contributed by atoms with van der Waals surface area (Å²) in [7, 11) is 0. The first-order valence-electron chi connectivity index (χ1n) is 6.34. The molecule has 1 amide bonds. The van der Waals surface area contributed by atoms with Gasteiger partial charge >= 0.3 is 5.97 Å². The number of hydrogen-bond acceptors (Lipinski definition) is 4. The van der Waals surface area contributed by atoms with Crippen molar-refractivity contribution in [2.24, 2.45) is 5.84 Å². The molecule has 0 saturated heterocycles. The molecule has 0 fully saturated rings. The number of rotatable bonds is 5. The van der Waals surface area contributed by atoms with Gasteiger partial charge in [-0.05, 0) is 17.7 Å². The fourth-order valence-electron chi connectivity index (χ4n) is 1.93. The van der Waals surface area contributed by atoms with Gasteiger partial charge in [-0.3, -0.25) is 14.8 Å². The third-order valence-electron chi connectivity index (χ3n) is 3.05. The molecule has 0 saturated carbocycles. The van der Waals surface area contributed by atoms with Crippen molar-refractivity contribution in [2.75, 3.05) is 0 Å². The number of carbonyl (C=O) groups is 2. The van der Waals surface area contributed by atoms with Crippen LogP contribution < -0.4 is 5.84 Å². The van der Waals surface area contributed by atoms with Crippen LogP contribution in [-0.4, -0.2) is 33.0 Å². The second kappa shape index (κ2) is 6.62. The molecular formula is C15H15N3O3. The Bertz CT molecular complexity index is 617. The molecule has 0 aliphatic carbocycles. The number of hydrazine groups is 1. The monoisotopic (exact) mass is 285 g/mol. The van der Waals surface area contributed by atoms with Crippen LogP contribution in [0.3, 0.4) is 0 Å². The van der Waals surface area contributed by atoms with Gasteiger partial charge in [-0.25, -0.2) is 10.6 Å². The van der Waals surface area contributed by atoms with Gasteiger partial charge in [0.15, 0.2) is 0 Å². The van der Waals surface area contributed by atoms with E-state index in [1.165, 1.54) is 24.5 Å². The number of nitrogens with two attached hydrogens (primary N) is 1. The van der Waals surface area contributed by atoms with E-state index in [-0.39, 0.29) is 6.42 Å². The summed E-state index contributed by atoms with van der Waals surface area (Å²) in [5, 5.41) is 10.1. The van der Waals surface area contributed by atoms with Crippen LogP contribution in [0.25, 0.3) is 0 Å². The summed E-state index contributed by atoms with van der Waals surface area (Å²) in [6, 6.07) is 10.9. The van der Waals surface area contributed by atoms with Gasteiger partial charge in [-0.1, -0.05) is 30.3 Å². The molecule has 0 aliphatic rings. The zero-order valence-corrected chi connectivity index (χ0v) is 11.2. The van der Waals surface area contributed by atoms with Crippen LogP contribution in [0.4, 0.5) is 0 Å². The number of hydrogen-bond donors (Lipinski definition) is 2. The van der Waals surface area contributed by atoms with Gasteiger partial charge in [-0.2, -0.15) is 0 Å². The van der Waals surface area contributed by atoms with E-state index in [0.717, 1.165) is 10.6 Å². The number of carbonyl (C=O) groups excluding carboxylic acids is 1. The molecule has 0 aliphatic heterocycles. The summed E-state index contributed by atoms with van der Waals surface area (Å²) in [5.74, 6) is 4.02. The maximum absolute atomic E-state index is 12.2. The summed E-state index contributed by atoms with van der Waals surface area (Å²) in [6.45, 7) is 0. The van der Waals surface area contributed by atoms with Crippen LogP contribution in [0, 0.1) is 0 Å². The molecule has 2 aromatic rings. The zero-order chi connectivity index (χ0) is 15.2. The van der Waals surface area contributed by atoms with E-state index >= 15 is 0 Å². The largest absolute Gasteiger partial charge is 0.480 e. The Labute approximate surface area is 121 Å². The first-order valence-corrected chi connectivity index (χ1v) is 6.34. The van der Waals surface area contributed by atoms with Crippen molar-refractivity contribution < 1.29 is 14.7 Å². The third kappa shape index (κ3) is 3.64. The van der Waals surface area contributed by atoms with Gasteiger partial charge < -0.3 is 5.11 Å². The highest BCUT2D eigenvalue weighted by Gasteiger charge is 2.28. The van der Waals surface area contributed by atoms with Crippen molar-refractivity contribution in [3.63, 3.8) is 0 Å². The molecule has 1 aromatic heterocycles. The van der Waals surface area contributed by atoms with Crippen molar-refractivity contribution in [1.29, 1.82) is 0 Å². The van der Waals surface area contributed by atoms with Crippen LogP contribution in [0.2, 0.25) is 0 Å². The summed E-state index contributed by atoms with van der Waals surface area (Å²) in [5.41, 5.74) is 1.09. The Morgan fingerprint density at radius 2 is 1.76 bits per heavy atom. The van der Waals surface area contributed by atoms with Crippen molar-refractivity contribution in [2.45, 2.75) is 12.5 Å². The average molecular weight is 285 g/mol. The maximum Gasteiger partial charge on any atom is 0.328 e. The average Bonchev–Trinajstić information content (AvgIpc) is 2.53. The molecule has 6 nitrogen and oxygen atoms in total. The molecule has 1 atom stereocenters. The quantitative estimate of drug-likeness (QED) is 0.487. The molecule has 0 spiro atoms. The Hall–Kier alpha value is -2.73. The number of aromatic nitrogens is 1. The van der Waals surface area contributed by atoms with Gasteiger partial charge in [0.25, 0.3) is 5.91 Å². The van der Waals surface area contributed by atoms with Gasteiger partial charge in [-0.15, -0.1) is 0 Å². The Morgan fingerprint density at radius 3 is 2.33 bits per heavy atom. The summed E-state index contributed by atoms with van der Waals surface area (Å²) < 4.78 is 0. The van der Waals surface area contributed by atoms with Gasteiger partial charge in [0.05, 0.1) is 0 Å². The van der Waals surface area contributed by atoms with Crippen LogP contribution in [0.1, 0.15) is 15.9 Å². The number of amides is 1. The number of aliphatic carboxylic acids is 1. The number of carboxylic acids is 1. The molecule has 1 heterocycles. The number of carboxylic acid groups (broad SMARTS) is 1. The molecular weight excluding hydrogens is 270 g/mol. The minimum Gasteiger partial charge on any atom is -0.480 e. The Kier molecular flexibility index (Phi) is 4.63. The van der Waals surface area contributed by atoms with E-state index in [9.17, 15) is 14.7 Å². The molecule has 2 rings (SSSR count). The zero-order valence-electron chi connectivity index (χ0n) is 11.2. The number of nitrogens with zero attached hydrogens (tertiary/aromatic N) is 2. The predicted octanol–water partition coefficient (Wildman–Crippen LogP) is 1.09. The highest BCUT2D eigenvalue weighted by atomic mass is 16.4. The first kappa shape index (κ1) is 14.7. The van der Waals surface area contributed by atoms with Crippen molar-refractivity contribution in [1.82, 2.24) is 9.99 Å². The van der Waals surface area contributed by atoms with Gasteiger partial charge in [0.1, 0.15) is 6.04 Å². The number of pyridine rings is 1. The van der Waals surface area contributed by atoms with E-state index in [4.69, 9.17) is 5.84 Å². The van der Waals surface area contributed by atoms with Gasteiger partial charge in [0.2, 0.25) is 0 Å². The highest BCUT2D eigenvalue weighted by Crippen LogP contribution is 2.10. The Morgan fingerprint density at radius 1 is 1.14 bits per heavy atom. The van der Waals surface area contributed by atoms with Crippen LogP contribution in [-0.2, 0) is 11.2 Å². The van der Waals surface area contributed by atoms with Crippen molar-refractivity contribution in [3.05, 3.63) is 66.0 Å².